The summed E-state index contributed by atoms with van der Waals surface area (Å²) in [6, 6.07) is 11.5. The van der Waals surface area contributed by atoms with Gasteiger partial charge in [0, 0.05) is 33.9 Å². The predicted molar refractivity (Wildman–Crippen MR) is 116 cm³/mol. The number of hydrogen-bond acceptors (Lipinski definition) is 5. The van der Waals surface area contributed by atoms with E-state index in [1.54, 1.807) is 23.7 Å². The summed E-state index contributed by atoms with van der Waals surface area (Å²) < 4.78 is 1.99. The maximum absolute atomic E-state index is 6.08. The molecule has 5 rings (SSSR count). The SMILES string of the molecule is Cc1c(C#Cc2cccnc2)sc2c1c(-c1ccc(Cl)cc1)nc1nnc(C)n12. The van der Waals surface area contributed by atoms with E-state index in [-0.39, 0.29) is 0 Å². The van der Waals surface area contributed by atoms with Crippen LogP contribution < -0.4 is 0 Å². The molecule has 0 unspecified atom stereocenters. The van der Waals surface area contributed by atoms with E-state index < -0.39 is 0 Å². The zero-order chi connectivity index (χ0) is 20.0. The molecule has 0 aliphatic heterocycles. The molecule has 7 heteroatoms. The molecule has 0 saturated heterocycles. The number of halogens is 1. The van der Waals surface area contributed by atoms with Gasteiger partial charge in [0.25, 0.3) is 5.78 Å². The van der Waals surface area contributed by atoms with Crippen LogP contribution in [-0.4, -0.2) is 24.6 Å². The van der Waals surface area contributed by atoms with Gasteiger partial charge < -0.3 is 0 Å². The molecule has 0 radical (unpaired) electrons. The molecule has 0 spiro atoms. The summed E-state index contributed by atoms with van der Waals surface area (Å²) in [4.78, 5) is 11.0. The van der Waals surface area contributed by atoms with Crippen LogP contribution in [0.5, 0.6) is 0 Å². The normalized spacial score (nSPS) is 11.0. The molecule has 1 aromatic carbocycles. The van der Waals surface area contributed by atoms with Crippen molar-refractivity contribution in [3.63, 3.8) is 0 Å². The van der Waals surface area contributed by atoms with Gasteiger partial charge in [-0.3, -0.25) is 9.38 Å². The topological polar surface area (TPSA) is 56.0 Å². The van der Waals surface area contributed by atoms with Crippen molar-refractivity contribution in [3.05, 3.63) is 75.6 Å². The molecule has 0 atom stereocenters. The molecule has 5 aromatic rings. The molecule has 0 amide bonds. The summed E-state index contributed by atoms with van der Waals surface area (Å²) >= 11 is 7.71. The Balaban J connectivity index is 1.80. The molecule has 0 saturated carbocycles. The Kier molecular flexibility index (Phi) is 4.27. The molecular weight excluding hydrogens is 402 g/mol. The van der Waals surface area contributed by atoms with Gasteiger partial charge in [-0.15, -0.1) is 21.5 Å². The van der Waals surface area contributed by atoms with Gasteiger partial charge in [0.1, 0.15) is 10.7 Å². The molecule has 0 N–H and O–H groups in total. The number of rotatable bonds is 1. The van der Waals surface area contributed by atoms with Gasteiger partial charge in [-0.1, -0.05) is 35.6 Å². The van der Waals surface area contributed by atoms with Crippen LogP contribution in [0.4, 0.5) is 0 Å². The summed E-state index contributed by atoms with van der Waals surface area (Å²) in [5, 5.41) is 10.2. The lowest BCUT2D eigenvalue weighted by atomic mass is 10.1. The summed E-state index contributed by atoms with van der Waals surface area (Å²) in [5.41, 5.74) is 3.81. The Morgan fingerprint density at radius 3 is 2.62 bits per heavy atom. The van der Waals surface area contributed by atoms with E-state index in [4.69, 9.17) is 16.6 Å². The number of hydrogen-bond donors (Lipinski definition) is 0. The number of fused-ring (bicyclic) bond motifs is 3. The fourth-order valence-corrected chi connectivity index (χ4v) is 4.59. The predicted octanol–water partition coefficient (Wildman–Crippen LogP) is 5.07. The standard InChI is InChI=1S/C22H14ClN5S/c1-13-18(10-5-15-4-3-11-24-12-15)29-21-19(13)20(16-6-8-17(23)9-7-16)25-22-27-26-14(2)28(21)22/h3-4,6-9,11-12H,1-2H3. The van der Waals surface area contributed by atoms with Crippen LogP contribution in [-0.2, 0) is 0 Å². The zero-order valence-corrected chi connectivity index (χ0v) is 17.2. The van der Waals surface area contributed by atoms with Gasteiger partial charge in [0.2, 0.25) is 0 Å². The van der Waals surface area contributed by atoms with Gasteiger partial charge in [0.15, 0.2) is 0 Å². The fourth-order valence-electron chi connectivity index (χ4n) is 3.25. The second kappa shape index (κ2) is 6.96. The lowest BCUT2D eigenvalue weighted by molar-refractivity contribution is 1.02. The van der Waals surface area contributed by atoms with Crippen molar-refractivity contribution in [1.29, 1.82) is 0 Å². The number of pyridine rings is 1. The van der Waals surface area contributed by atoms with Crippen molar-refractivity contribution in [2.75, 3.05) is 0 Å². The molecule has 0 aliphatic carbocycles. The van der Waals surface area contributed by atoms with Crippen molar-refractivity contribution in [3.8, 4) is 23.1 Å². The van der Waals surface area contributed by atoms with Crippen molar-refractivity contribution in [2.24, 2.45) is 0 Å². The van der Waals surface area contributed by atoms with E-state index in [1.807, 2.05) is 47.7 Å². The van der Waals surface area contributed by atoms with Crippen LogP contribution in [0.3, 0.4) is 0 Å². The molecule has 5 nitrogen and oxygen atoms in total. The first-order valence-electron chi connectivity index (χ1n) is 8.94. The van der Waals surface area contributed by atoms with Crippen LogP contribution >= 0.6 is 22.9 Å². The Morgan fingerprint density at radius 2 is 1.86 bits per heavy atom. The van der Waals surface area contributed by atoms with Crippen LogP contribution in [0.15, 0.2) is 48.8 Å². The molecule has 0 fully saturated rings. The van der Waals surface area contributed by atoms with Crippen molar-refractivity contribution in [2.45, 2.75) is 13.8 Å². The molecule has 4 heterocycles. The van der Waals surface area contributed by atoms with Crippen molar-refractivity contribution in [1.82, 2.24) is 24.6 Å². The Labute approximate surface area is 176 Å². The number of nitrogens with zero attached hydrogens (tertiary/aromatic N) is 5. The Morgan fingerprint density at radius 1 is 1.03 bits per heavy atom. The minimum absolute atomic E-state index is 0.577. The lowest BCUT2D eigenvalue weighted by Crippen LogP contribution is -1.95. The maximum Gasteiger partial charge on any atom is 0.256 e. The van der Waals surface area contributed by atoms with E-state index in [2.05, 4.69) is 33.9 Å². The van der Waals surface area contributed by atoms with E-state index in [0.717, 1.165) is 43.3 Å². The first-order valence-corrected chi connectivity index (χ1v) is 10.1. The second-order valence-electron chi connectivity index (χ2n) is 6.58. The van der Waals surface area contributed by atoms with Crippen molar-refractivity contribution < 1.29 is 0 Å². The van der Waals surface area contributed by atoms with E-state index in [9.17, 15) is 0 Å². The highest BCUT2D eigenvalue weighted by atomic mass is 35.5. The first kappa shape index (κ1) is 17.8. The molecule has 0 aliphatic rings. The summed E-state index contributed by atoms with van der Waals surface area (Å²) in [6.07, 6.45) is 3.50. The van der Waals surface area contributed by atoms with E-state index >= 15 is 0 Å². The Hall–Kier alpha value is -3.27. The third-order valence-corrected chi connectivity index (χ3v) is 6.13. The summed E-state index contributed by atoms with van der Waals surface area (Å²) in [7, 11) is 0. The number of aromatic nitrogens is 5. The largest absolute Gasteiger partial charge is 0.263 e. The highest BCUT2D eigenvalue weighted by Crippen LogP contribution is 2.37. The third kappa shape index (κ3) is 3.05. The van der Waals surface area contributed by atoms with Gasteiger partial charge in [-0.2, -0.15) is 0 Å². The quantitative estimate of drug-likeness (QED) is 0.358. The van der Waals surface area contributed by atoms with Gasteiger partial charge in [0.05, 0.1) is 10.6 Å². The molecular formula is C22H14ClN5S. The third-order valence-electron chi connectivity index (χ3n) is 4.69. The lowest BCUT2D eigenvalue weighted by Gasteiger charge is -2.06. The van der Waals surface area contributed by atoms with Crippen molar-refractivity contribution >= 4 is 38.9 Å². The smallest absolute Gasteiger partial charge is 0.256 e. The number of benzene rings is 1. The highest BCUT2D eigenvalue weighted by Gasteiger charge is 2.19. The zero-order valence-electron chi connectivity index (χ0n) is 15.6. The average Bonchev–Trinajstić information content (AvgIpc) is 3.27. The van der Waals surface area contributed by atoms with Crippen LogP contribution in [0, 0.1) is 25.7 Å². The minimum Gasteiger partial charge on any atom is -0.263 e. The van der Waals surface area contributed by atoms with Crippen LogP contribution in [0.2, 0.25) is 5.02 Å². The van der Waals surface area contributed by atoms with Crippen LogP contribution in [0.25, 0.3) is 27.3 Å². The molecule has 140 valence electrons. The molecule has 0 bridgehead atoms. The number of aryl methyl sites for hydroxylation is 2. The van der Waals surface area contributed by atoms with Gasteiger partial charge in [-0.25, -0.2) is 4.98 Å². The highest BCUT2D eigenvalue weighted by molar-refractivity contribution is 7.19. The second-order valence-corrected chi connectivity index (χ2v) is 8.01. The molecule has 29 heavy (non-hydrogen) atoms. The summed E-state index contributed by atoms with van der Waals surface area (Å²) in [5.74, 6) is 7.89. The summed E-state index contributed by atoms with van der Waals surface area (Å²) in [6.45, 7) is 4.01. The Bertz CT molecular complexity index is 1420. The fraction of sp³-hybridized carbons (Fsp3) is 0.0909. The monoisotopic (exact) mass is 415 g/mol. The molecule has 4 aromatic heterocycles. The first-order chi connectivity index (χ1) is 14.1. The van der Waals surface area contributed by atoms with Gasteiger partial charge >= 0.3 is 0 Å². The van der Waals surface area contributed by atoms with E-state index in [1.165, 1.54) is 0 Å². The maximum atomic E-state index is 6.08. The van der Waals surface area contributed by atoms with Crippen LogP contribution in [0.1, 0.15) is 21.8 Å². The number of thiophene rings is 1. The average molecular weight is 416 g/mol. The minimum atomic E-state index is 0.577. The van der Waals surface area contributed by atoms with E-state index in [0.29, 0.717) is 10.8 Å². The van der Waals surface area contributed by atoms with Gasteiger partial charge in [-0.05, 0) is 43.7 Å².